The number of ether oxygens (including phenoxy) is 1. The molecule has 1 saturated heterocycles. The molecule has 0 bridgehead atoms. The van der Waals surface area contributed by atoms with E-state index in [4.69, 9.17) is 4.74 Å². The van der Waals surface area contributed by atoms with Gasteiger partial charge in [-0.2, -0.15) is 4.98 Å². The summed E-state index contributed by atoms with van der Waals surface area (Å²) < 4.78 is 5.10. The van der Waals surface area contributed by atoms with Crippen LogP contribution in [-0.2, 0) is 0 Å². The number of hydrogen-bond acceptors (Lipinski definition) is 5. The summed E-state index contributed by atoms with van der Waals surface area (Å²) in [7, 11) is 1.62. The molecule has 16 heavy (non-hydrogen) atoms. The molecule has 1 fully saturated rings. The summed E-state index contributed by atoms with van der Waals surface area (Å²) in [6.07, 6.45) is 1.22. The second-order valence-corrected chi connectivity index (χ2v) is 4.12. The van der Waals surface area contributed by atoms with E-state index in [0.29, 0.717) is 17.7 Å². The number of nitrogens with zero attached hydrogens (tertiary/aromatic N) is 2. The third-order valence-corrected chi connectivity index (χ3v) is 2.75. The van der Waals surface area contributed by atoms with Gasteiger partial charge in [-0.3, -0.25) is 0 Å². The van der Waals surface area contributed by atoms with E-state index in [-0.39, 0.29) is 0 Å². The molecule has 0 radical (unpaired) electrons. The van der Waals surface area contributed by atoms with Crippen LogP contribution >= 0.6 is 0 Å². The average molecular weight is 222 g/mol. The number of aryl methyl sites for hydroxylation is 1. The molecular weight excluding hydrogens is 204 g/mol. The van der Waals surface area contributed by atoms with Crippen LogP contribution in [0, 0.1) is 12.8 Å². The topological polar surface area (TPSA) is 59.1 Å². The van der Waals surface area contributed by atoms with Crippen molar-refractivity contribution in [1.29, 1.82) is 0 Å². The van der Waals surface area contributed by atoms with Gasteiger partial charge in [0.25, 0.3) is 0 Å². The van der Waals surface area contributed by atoms with Crippen molar-refractivity contribution in [3.63, 3.8) is 0 Å². The summed E-state index contributed by atoms with van der Waals surface area (Å²) >= 11 is 0. The molecule has 1 aliphatic heterocycles. The lowest BCUT2D eigenvalue weighted by molar-refractivity contribution is 0.397. The standard InChI is InChI=1S/C11H18N4O/c1-8-5-10(16-2)15-11(14-8)13-7-9-3-4-12-6-9/h5,9,12H,3-4,6-7H2,1-2H3,(H,13,14,15). The van der Waals surface area contributed by atoms with E-state index in [1.165, 1.54) is 6.42 Å². The van der Waals surface area contributed by atoms with Crippen LogP contribution in [0.4, 0.5) is 5.95 Å². The summed E-state index contributed by atoms with van der Waals surface area (Å²) in [6, 6.07) is 1.82. The van der Waals surface area contributed by atoms with Gasteiger partial charge in [0.05, 0.1) is 7.11 Å². The fraction of sp³-hybridized carbons (Fsp3) is 0.636. The highest BCUT2D eigenvalue weighted by molar-refractivity contribution is 5.30. The van der Waals surface area contributed by atoms with Crippen LogP contribution in [0.2, 0.25) is 0 Å². The van der Waals surface area contributed by atoms with Crippen molar-refractivity contribution in [1.82, 2.24) is 15.3 Å². The Morgan fingerprint density at radius 2 is 2.44 bits per heavy atom. The molecule has 2 rings (SSSR count). The van der Waals surface area contributed by atoms with E-state index in [1.54, 1.807) is 7.11 Å². The van der Waals surface area contributed by atoms with E-state index < -0.39 is 0 Å². The Kier molecular flexibility index (Phi) is 3.56. The van der Waals surface area contributed by atoms with Gasteiger partial charge in [-0.15, -0.1) is 0 Å². The SMILES string of the molecule is COc1cc(C)nc(NCC2CCNC2)n1. The molecule has 0 spiro atoms. The van der Waals surface area contributed by atoms with Gasteiger partial charge in [-0.25, -0.2) is 4.98 Å². The molecule has 5 nitrogen and oxygen atoms in total. The van der Waals surface area contributed by atoms with Crippen molar-refractivity contribution in [3.8, 4) is 5.88 Å². The number of rotatable bonds is 4. The normalized spacial score (nSPS) is 19.8. The van der Waals surface area contributed by atoms with Crippen LogP contribution in [0.5, 0.6) is 5.88 Å². The highest BCUT2D eigenvalue weighted by Gasteiger charge is 2.14. The summed E-state index contributed by atoms with van der Waals surface area (Å²) in [5, 5.41) is 6.60. The molecule has 1 aliphatic rings. The predicted octanol–water partition coefficient (Wildman–Crippen LogP) is 0.815. The average Bonchev–Trinajstić information content (AvgIpc) is 2.78. The highest BCUT2D eigenvalue weighted by Crippen LogP contribution is 2.13. The fourth-order valence-corrected chi connectivity index (χ4v) is 1.85. The molecule has 0 aromatic carbocycles. The predicted molar refractivity (Wildman–Crippen MR) is 62.8 cm³/mol. The van der Waals surface area contributed by atoms with Crippen molar-refractivity contribution >= 4 is 5.95 Å². The van der Waals surface area contributed by atoms with Crippen LogP contribution in [0.25, 0.3) is 0 Å². The van der Waals surface area contributed by atoms with Gasteiger partial charge in [0.15, 0.2) is 0 Å². The molecule has 2 heterocycles. The van der Waals surface area contributed by atoms with Crippen molar-refractivity contribution in [2.75, 3.05) is 32.1 Å². The zero-order chi connectivity index (χ0) is 11.4. The molecule has 2 N–H and O–H groups in total. The summed E-state index contributed by atoms with van der Waals surface area (Å²) in [5.74, 6) is 1.94. The Bertz CT molecular complexity index is 350. The van der Waals surface area contributed by atoms with Gasteiger partial charge in [0, 0.05) is 18.3 Å². The second-order valence-electron chi connectivity index (χ2n) is 4.12. The zero-order valence-corrected chi connectivity index (χ0v) is 9.79. The van der Waals surface area contributed by atoms with E-state index >= 15 is 0 Å². The first-order chi connectivity index (χ1) is 7.78. The van der Waals surface area contributed by atoms with Gasteiger partial charge < -0.3 is 15.4 Å². The van der Waals surface area contributed by atoms with Gasteiger partial charge in [-0.05, 0) is 32.4 Å². The second kappa shape index (κ2) is 5.12. The lowest BCUT2D eigenvalue weighted by Crippen LogP contribution is -2.18. The first-order valence-corrected chi connectivity index (χ1v) is 5.62. The molecule has 0 amide bonds. The van der Waals surface area contributed by atoms with Gasteiger partial charge in [0.1, 0.15) is 0 Å². The molecule has 0 saturated carbocycles. The van der Waals surface area contributed by atoms with Crippen molar-refractivity contribution in [2.24, 2.45) is 5.92 Å². The van der Waals surface area contributed by atoms with E-state index in [0.717, 1.165) is 25.3 Å². The Morgan fingerprint density at radius 1 is 1.56 bits per heavy atom. The van der Waals surface area contributed by atoms with Crippen LogP contribution < -0.4 is 15.4 Å². The summed E-state index contributed by atoms with van der Waals surface area (Å²) in [4.78, 5) is 8.57. The lowest BCUT2D eigenvalue weighted by atomic mass is 10.1. The summed E-state index contributed by atoms with van der Waals surface area (Å²) in [6.45, 7) is 5.05. The zero-order valence-electron chi connectivity index (χ0n) is 9.79. The van der Waals surface area contributed by atoms with E-state index in [2.05, 4.69) is 20.6 Å². The highest BCUT2D eigenvalue weighted by atomic mass is 16.5. The van der Waals surface area contributed by atoms with Crippen molar-refractivity contribution in [3.05, 3.63) is 11.8 Å². The van der Waals surface area contributed by atoms with Crippen LogP contribution in [0.1, 0.15) is 12.1 Å². The Morgan fingerprint density at radius 3 is 3.12 bits per heavy atom. The first kappa shape index (κ1) is 11.1. The maximum absolute atomic E-state index is 5.10. The number of methoxy groups -OCH3 is 1. The quantitative estimate of drug-likeness (QED) is 0.789. The minimum atomic E-state index is 0.611. The van der Waals surface area contributed by atoms with Gasteiger partial charge in [0.2, 0.25) is 11.8 Å². The largest absolute Gasteiger partial charge is 0.481 e. The van der Waals surface area contributed by atoms with Gasteiger partial charge in [-0.1, -0.05) is 0 Å². The Hall–Kier alpha value is -1.36. The third-order valence-electron chi connectivity index (χ3n) is 2.75. The molecule has 0 aliphatic carbocycles. The van der Waals surface area contributed by atoms with Crippen molar-refractivity contribution < 1.29 is 4.74 Å². The molecule has 88 valence electrons. The Balaban J connectivity index is 1.94. The van der Waals surface area contributed by atoms with Crippen LogP contribution in [0.15, 0.2) is 6.07 Å². The maximum atomic E-state index is 5.10. The molecule has 1 aromatic heterocycles. The lowest BCUT2D eigenvalue weighted by Gasteiger charge is -2.10. The number of anilines is 1. The molecule has 1 aromatic rings. The number of hydrogen-bond donors (Lipinski definition) is 2. The molecule has 1 unspecified atom stereocenters. The van der Waals surface area contributed by atoms with E-state index in [9.17, 15) is 0 Å². The molecular formula is C11H18N4O. The first-order valence-electron chi connectivity index (χ1n) is 5.62. The summed E-state index contributed by atoms with van der Waals surface area (Å²) in [5.41, 5.74) is 0.916. The number of nitrogens with one attached hydrogen (secondary N) is 2. The van der Waals surface area contributed by atoms with Crippen LogP contribution in [0.3, 0.4) is 0 Å². The Labute approximate surface area is 95.6 Å². The van der Waals surface area contributed by atoms with Gasteiger partial charge >= 0.3 is 0 Å². The smallest absolute Gasteiger partial charge is 0.226 e. The van der Waals surface area contributed by atoms with E-state index in [1.807, 2.05) is 13.0 Å². The molecule has 1 atom stereocenters. The minimum Gasteiger partial charge on any atom is -0.481 e. The fourth-order valence-electron chi connectivity index (χ4n) is 1.85. The maximum Gasteiger partial charge on any atom is 0.226 e. The minimum absolute atomic E-state index is 0.611. The number of aromatic nitrogens is 2. The van der Waals surface area contributed by atoms with Crippen molar-refractivity contribution in [2.45, 2.75) is 13.3 Å². The third kappa shape index (κ3) is 2.82. The van der Waals surface area contributed by atoms with Crippen LogP contribution in [-0.4, -0.2) is 36.7 Å². The monoisotopic (exact) mass is 222 g/mol. The molecule has 5 heteroatoms.